The Morgan fingerprint density at radius 2 is 1.62 bits per heavy atom. The lowest BCUT2D eigenvalue weighted by Gasteiger charge is -2.43. The van der Waals surface area contributed by atoms with Gasteiger partial charge in [-0.05, 0) is 11.8 Å². The van der Waals surface area contributed by atoms with Crippen LogP contribution in [0, 0.1) is 23.7 Å². The molecule has 0 bridgehead atoms. The zero-order chi connectivity index (χ0) is 29.7. The van der Waals surface area contributed by atoms with Crippen LogP contribution < -0.4 is 0 Å². The van der Waals surface area contributed by atoms with Gasteiger partial charge in [0.1, 0.15) is 23.9 Å². The molecule has 1 unspecified atom stereocenters. The number of hydrogen-bond donors (Lipinski definition) is 2. The average molecular weight is 577 g/mol. The number of carbonyl (C=O) groups is 4. The summed E-state index contributed by atoms with van der Waals surface area (Å²) < 4.78 is 27.1. The van der Waals surface area contributed by atoms with E-state index in [0.29, 0.717) is 0 Å². The Balaban J connectivity index is 2.33. The Kier molecular flexibility index (Phi) is 11.2. The van der Waals surface area contributed by atoms with Crippen molar-refractivity contribution in [2.75, 3.05) is 12.5 Å². The number of alkyl halides is 1. The molecule has 2 rings (SSSR count). The molecule has 1 aliphatic heterocycles. The molecule has 0 aromatic rings. The molecule has 1 aliphatic carbocycles. The third-order valence-electron chi connectivity index (χ3n) is 6.67. The summed E-state index contributed by atoms with van der Waals surface area (Å²) in [5.74, 6) is -5.00. The predicted molar refractivity (Wildman–Crippen MR) is 138 cm³/mol. The van der Waals surface area contributed by atoms with E-state index in [2.05, 4.69) is 0 Å². The second-order valence-corrected chi connectivity index (χ2v) is 11.7. The van der Waals surface area contributed by atoms with Gasteiger partial charge in [-0.25, -0.2) is 4.79 Å². The number of hydrogen-bond acceptors (Lipinski definition) is 11. The van der Waals surface area contributed by atoms with Gasteiger partial charge in [-0.1, -0.05) is 41.5 Å². The fourth-order valence-electron chi connectivity index (χ4n) is 4.81. The number of rotatable bonds is 12. The van der Waals surface area contributed by atoms with Crippen LogP contribution in [-0.2, 0) is 42.9 Å². The lowest BCUT2D eigenvalue weighted by atomic mass is 9.77. The molecule has 1 saturated carbocycles. The van der Waals surface area contributed by atoms with E-state index in [1.54, 1.807) is 13.8 Å². The molecule has 0 radical (unpaired) electrons. The molecule has 11 nitrogen and oxygen atoms in total. The summed E-state index contributed by atoms with van der Waals surface area (Å²) in [5.41, 5.74) is -4.03. The minimum Gasteiger partial charge on any atom is -0.462 e. The summed E-state index contributed by atoms with van der Waals surface area (Å²) in [7, 11) is 0. The largest absolute Gasteiger partial charge is 0.462 e. The summed E-state index contributed by atoms with van der Waals surface area (Å²) in [6, 6.07) is 0. The monoisotopic (exact) mass is 576 g/mol. The Bertz CT molecular complexity index is 946. The van der Waals surface area contributed by atoms with Crippen molar-refractivity contribution in [1.82, 2.24) is 0 Å². The minimum atomic E-state index is -2.05. The third-order valence-corrected chi connectivity index (χ3v) is 7.09. The average Bonchev–Trinajstić information content (AvgIpc) is 3.02. The van der Waals surface area contributed by atoms with Crippen LogP contribution in [0.15, 0.2) is 11.8 Å². The number of esters is 4. The van der Waals surface area contributed by atoms with E-state index in [9.17, 15) is 29.4 Å². The smallest absolute Gasteiger partial charge is 0.348 e. The molecule has 6 atom stereocenters. The fourth-order valence-corrected chi connectivity index (χ4v) is 5.15. The van der Waals surface area contributed by atoms with E-state index in [0.717, 1.165) is 13.2 Å². The molecular weight excluding hydrogens is 536 g/mol. The SMILES string of the molecule is CC(=O)O[C@H]1C[C@]2(O)C(COC(=O)C(OC(=O)CC(C)C)C(C)C)=CO[C@@H](OC(=O)CC(C)C)[C@@H]2[C@]1(O)CCl. The molecular formula is C27H41ClO11. The van der Waals surface area contributed by atoms with Crippen molar-refractivity contribution < 1.29 is 53.1 Å². The van der Waals surface area contributed by atoms with Crippen molar-refractivity contribution in [3.8, 4) is 0 Å². The Morgan fingerprint density at radius 1 is 1.03 bits per heavy atom. The zero-order valence-electron chi connectivity index (χ0n) is 23.6. The predicted octanol–water partition coefficient (Wildman–Crippen LogP) is 2.63. The van der Waals surface area contributed by atoms with Crippen LogP contribution in [-0.4, -0.2) is 76.3 Å². The van der Waals surface area contributed by atoms with Crippen LogP contribution in [0.1, 0.15) is 67.7 Å². The van der Waals surface area contributed by atoms with E-state index in [4.69, 9.17) is 35.3 Å². The highest BCUT2D eigenvalue weighted by atomic mass is 35.5. The highest BCUT2D eigenvalue weighted by Gasteiger charge is 2.69. The number of halogens is 1. The maximum absolute atomic E-state index is 12.9. The van der Waals surface area contributed by atoms with Gasteiger partial charge in [0, 0.05) is 37.7 Å². The van der Waals surface area contributed by atoms with E-state index in [1.807, 2.05) is 27.7 Å². The van der Waals surface area contributed by atoms with Gasteiger partial charge in [-0.3, -0.25) is 14.4 Å². The Hall–Kier alpha value is -2.37. The van der Waals surface area contributed by atoms with Gasteiger partial charge in [-0.2, -0.15) is 0 Å². The highest BCUT2D eigenvalue weighted by Crippen LogP contribution is 2.53. The third kappa shape index (κ3) is 7.85. The van der Waals surface area contributed by atoms with E-state index < -0.39 is 77.9 Å². The topological polar surface area (TPSA) is 155 Å². The van der Waals surface area contributed by atoms with Crippen LogP contribution in [0.3, 0.4) is 0 Å². The van der Waals surface area contributed by atoms with Crippen molar-refractivity contribution in [2.24, 2.45) is 23.7 Å². The van der Waals surface area contributed by atoms with Crippen LogP contribution in [0.2, 0.25) is 0 Å². The van der Waals surface area contributed by atoms with Gasteiger partial charge in [0.25, 0.3) is 6.29 Å². The molecule has 0 saturated heterocycles. The molecule has 0 amide bonds. The molecule has 1 fully saturated rings. The highest BCUT2D eigenvalue weighted by molar-refractivity contribution is 6.18. The van der Waals surface area contributed by atoms with Crippen molar-refractivity contribution >= 4 is 35.5 Å². The van der Waals surface area contributed by atoms with Gasteiger partial charge in [0.15, 0.2) is 0 Å². The van der Waals surface area contributed by atoms with Crippen molar-refractivity contribution in [2.45, 2.75) is 97.4 Å². The fraction of sp³-hybridized carbons (Fsp3) is 0.778. The summed E-state index contributed by atoms with van der Waals surface area (Å²) in [4.78, 5) is 49.3. The lowest BCUT2D eigenvalue weighted by Crippen LogP contribution is -2.58. The molecule has 2 aliphatic rings. The van der Waals surface area contributed by atoms with Gasteiger partial charge in [0.2, 0.25) is 6.10 Å². The quantitative estimate of drug-likeness (QED) is 0.200. The van der Waals surface area contributed by atoms with E-state index in [1.165, 1.54) is 0 Å². The molecule has 0 aromatic heterocycles. The number of carbonyl (C=O) groups excluding carboxylic acids is 4. The second kappa shape index (κ2) is 13.3. The van der Waals surface area contributed by atoms with Crippen LogP contribution in [0.5, 0.6) is 0 Å². The summed E-state index contributed by atoms with van der Waals surface area (Å²) in [6.07, 6.45) is -2.99. The molecule has 39 heavy (non-hydrogen) atoms. The normalized spacial score (nSPS) is 28.8. The molecule has 0 spiro atoms. The minimum absolute atomic E-state index is 0.0196. The lowest BCUT2D eigenvalue weighted by molar-refractivity contribution is -0.228. The standard InChI is InChI=1S/C27H41ClO11/c1-14(2)8-20(30)38-22(16(5)6)24(32)35-11-18-12-36-25(39-21(31)9-15(3)4)23-26(18,33)10-19(37-17(7)29)27(23,34)13-28/h12,14-16,19,22-23,25,33-34H,8-11,13H2,1-7H3/t19-,22?,23-,25-,26-,27-/m0/s1. The first kappa shape index (κ1) is 32.8. The van der Waals surface area contributed by atoms with Gasteiger partial charge in [-0.15, -0.1) is 11.6 Å². The number of ether oxygens (including phenoxy) is 5. The van der Waals surface area contributed by atoms with Gasteiger partial charge < -0.3 is 33.9 Å². The summed E-state index contributed by atoms with van der Waals surface area (Å²) in [6.45, 7) is 11.3. The Labute approximate surface area is 234 Å². The van der Waals surface area contributed by atoms with Crippen LogP contribution in [0.25, 0.3) is 0 Å². The first-order valence-corrected chi connectivity index (χ1v) is 13.7. The zero-order valence-corrected chi connectivity index (χ0v) is 24.4. The van der Waals surface area contributed by atoms with E-state index in [-0.39, 0.29) is 36.7 Å². The summed E-state index contributed by atoms with van der Waals surface area (Å²) in [5, 5.41) is 23.4. The van der Waals surface area contributed by atoms with Gasteiger partial charge in [0.05, 0.1) is 18.1 Å². The van der Waals surface area contributed by atoms with E-state index >= 15 is 0 Å². The van der Waals surface area contributed by atoms with Crippen molar-refractivity contribution in [3.05, 3.63) is 11.8 Å². The van der Waals surface area contributed by atoms with Crippen molar-refractivity contribution in [3.63, 3.8) is 0 Å². The first-order valence-electron chi connectivity index (χ1n) is 13.1. The number of aliphatic hydroxyl groups is 2. The second-order valence-electron chi connectivity index (χ2n) is 11.4. The molecule has 222 valence electrons. The molecule has 0 aromatic carbocycles. The Morgan fingerprint density at radius 3 is 2.13 bits per heavy atom. The van der Waals surface area contributed by atoms with Crippen molar-refractivity contribution in [1.29, 1.82) is 0 Å². The van der Waals surface area contributed by atoms with Crippen LogP contribution >= 0.6 is 11.6 Å². The van der Waals surface area contributed by atoms with Crippen LogP contribution in [0.4, 0.5) is 0 Å². The number of fused-ring (bicyclic) bond motifs is 1. The summed E-state index contributed by atoms with van der Waals surface area (Å²) >= 11 is 6.13. The molecule has 1 heterocycles. The molecule has 2 N–H and O–H groups in total. The first-order chi connectivity index (χ1) is 18.0. The maximum atomic E-state index is 12.9. The maximum Gasteiger partial charge on any atom is 0.348 e. The molecule has 12 heteroatoms. The van der Waals surface area contributed by atoms with Gasteiger partial charge >= 0.3 is 23.9 Å².